The minimum atomic E-state index is -0.595. The van der Waals surface area contributed by atoms with Gasteiger partial charge in [-0.3, -0.25) is 0 Å². The average Bonchev–Trinajstić information content (AvgIpc) is 2.83. The number of rotatable bonds is 3. The van der Waals surface area contributed by atoms with Gasteiger partial charge in [-0.1, -0.05) is 30.9 Å². The zero-order chi connectivity index (χ0) is 14.7. The highest BCUT2D eigenvalue weighted by Crippen LogP contribution is 2.26. The Kier molecular flexibility index (Phi) is 3.58. The molecule has 100 valence electrons. The van der Waals surface area contributed by atoms with Crippen molar-refractivity contribution in [2.45, 2.75) is 0 Å². The predicted molar refractivity (Wildman–Crippen MR) is 76.3 cm³/mol. The lowest BCUT2D eigenvalue weighted by Gasteiger charge is -2.11. The molecule has 0 saturated heterocycles. The molecule has 20 heavy (non-hydrogen) atoms. The first-order valence-electron chi connectivity index (χ1n) is 5.85. The molecule has 0 aliphatic heterocycles. The van der Waals surface area contributed by atoms with Crippen molar-refractivity contribution >= 4 is 17.7 Å². The van der Waals surface area contributed by atoms with Crippen LogP contribution in [0.15, 0.2) is 37.0 Å². The van der Waals surface area contributed by atoms with Crippen LogP contribution in [0.3, 0.4) is 0 Å². The summed E-state index contributed by atoms with van der Waals surface area (Å²) in [4.78, 5) is 11.9. The van der Waals surface area contributed by atoms with E-state index in [1.165, 1.54) is 13.3 Å². The van der Waals surface area contributed by atoms with Crippen LogP contribution in [0.5, 0.6) is 0 Å². The lowest BCUT2D eigenvalue weighted by molar-refractivity contribution is 0.0593. The number of carbonyl (C=O) groups is 1. The van der Waals surface area contributed by atoms with Gasteiger partial charge in [0.15, 0.2) is 5.69 Å². The standard InChI is InChI=1S/C15H13N3O2/c1-3-10-6-4-5-7-12(10)18-9-11(8-16)13(17)14(18)15(19)20-2/h3-7,9H,1,17H2,2H3. The second-order valence-corrected chi connectivity index (χ2v) is 4.04. The number of hydrogen-bond acceptors (Lipinski definition) is 4. The summed E-state index contributed by atoms with van der Waals surface area (Å²) in [5, 5.41) is 9.07. The van der Waals surface area contributed by atoms with E-state index in [1.807, 2.05) is 30.3 Å². The van der Waals surface area contributed by atoms with Gasteiger partial charge in [0.05, 0.1) is 24.0 Å². The zero-order valence-corrected chi connectivity index (χ0v) is 11.0. The fourth-order valence-electron chi connectivity index (χ4n) is 1.98. The van der Waals surface area contributed by atoms with Gasteiger partial charge in [0.1, 0.15) is 6.07 Å². The molecule has 1 aromatic heterocycles. The second-order valence-electron chi connectivity index (χ2n) is 4.04. The van der Waals surface area contributed by atoms with Crippen LogP contribution < -0.4 is 5.73 Å². The smallest absolute Gasteiger partial charge is 0.357 e. The number of ether oxygens (including phenoxy) is 1. The van der Waals surface area contributed by atoms with Gasteiger partial charge in [-0.2, -0.15) is 5.26 Å². The molecule has 0 unspecified atom stereocenters. The summed E-state index contributed by atoms with van der Waals surface area (Å²) in [5.74, 6) is -0.595. The first-order valence-corrected chi connectivity index (χ1v) is 5.85. The zero-order valence-electron chi connectivity index (χ0n) is 11.0. The van der Waals surface area contributed by atoms with Gasteiger partial charge in [-0.05, 0) is 11.6 Å². The Morgan fingerprint density at radius 1 is 1.50 bits per heavy atom. The molecule has 2 aromatic rings. The third-order valence-electron chi connectivity index (χ3n) is 2.96. The lowest BCUT2D eigenvalue weighted by Crippen LogP contribution is -2.11. The number of carbonyl (C=O) groups excluding carboxylic acids is 1. The summed E-state index contributed by atoms with van der Waals surface area (Å²) >= 11 is 0. The van der Waals surface area contributed by atoms with E-state index in [0.29, 0.717) is 5.69 Å². The first-order chi connectivity index (χ1) is 9.63. The largest absolute Gasteiger partial charge is 0.464 e. The SMILES string of the molecule is C=Cc1ccccc1-n1cc(C#N)c(N)c1C(=O)OC. The van der Waals surface area contributed by atoms with E-state index in [2.05, 4.69) is 6.58 Å². The van der Waals surface area contributed by atoms with E-state index in [9.17, 15) is 4.79 Å². The van der Waals surface area contributed by atoms with Crippen molar-refractivity contribution < 1.29 is 9.53 Å². The molecule has 0 saturated carbocycles. The van der Waals surface area contributed by atoms with Crippen LogP contribution >= 0.6 is 0 Å². The van der Waals surface area contributed by atoms with Gasteiger partial charge in [0, 0.05) is 6.20 Å². The summed E-state index contributed by atoms with van der Waals surface area (Å²) in [6.45, 7) is 3.74. The Balaban J connectivity index is 2.77. The van der Waals surface area contributed by atoms with Crippen molar-refractivity contribution in [2.24, 2.45) is 0 Å². The van der Waals surface area contributed by atoms with Crippen molar-refractivity contribution in [3.63, 3.8) is 0 Å². The monoisotopic (exact) mass is 267 g/mol. The molecule has 1 heterocycles. The van der Waals surface area contributed by atoms with Gasteiger partial charge >= 0.3 is 5.97 Å². The number of anilines is 1. The molecule has 0 bridgehead atoms. The van der Waals surface area contributed by atoms with Gasteiger partial charge in [0.25, 0.3) is 0 Å². The minimum absolute atomic E-state index is 0.109. The molecular formula is C15H13N3O2. The Hall–Kier alpha value is -3.00. The first kappa shape index (κ1) is 13.4. The van der Waals surface area contributed by atoms with E-state index < -0.39 is 5.97 Å². The Morgan fingerprint density at radius 2 is 2.20 bits per heavy atom. The number of nitrogen functional groups attached to an aromatic ring is 1. The number of aromatic nitrogens is 1. The molecule has 0 fully saturated rings. The molecule has 1 aromatic carbocycles. The quantitative estimate of drug-likeness (QED) is 0.865. The Morgan fingerprint density at radius 3 is 2.80 bits per heavy atom. The van der Waals surface area contributed by atoms with Gasteiger partial charge in [-0.25, -0.2) is 4.79 Å². The molecule has 2 N–H and O–H groups in total. The van der Waals surface area contributed by atoms with Crippen molar-refractivity contribution in [1.82, 2.24) is 4.57 Å². The number of hydrogen-bond donors (Lipinski definition) is 1. The van der Waals surface area contributed by atoms with Crippen LogP contribution in [0, 0.1) is 11.3 Å². The molecule has 5 heteroatoms. The molecule has 0 aliphatic rings. The maximum atomic E-state index is 11.9. The molecule has 2 rings (SSSR count). The van der Waals surface area contributed by atoms with Crippen molar-refractivity contribution in [2.75, 3.05) is 12.8 Å². The van der Waals surface area contributed by atoms with E-state index in [1.54, 1.807) is 10.6 Å². The highest BCUT2D eigenvalue weighted by Gasteiger charge is 2.22. The molecule has 0 radical (unpaired) electrons. The molecule has 5 nitrogen and oxygen atoms in total. The topological polar surface area (TPSA) is 81.0 Å². The van der Waals surface area contributed by atoms with Crippen LogP contribution in [-0.4, -0.2) is 17.6 Å². The molecule has 0 aliphatic carbocycles. The number of nitrogens with two attached hydrogens (primary N) is 1. The number of nitrogens with zero attached hydrogens (tertiary/aromatic N) is 2. The van der Waals surface area contributed by atoms with Crippen LogP contribution in [0.2, 0.25) is 0 Å². The predicted octanol–water partition coefficient (Wildman–Crippen LogP) is 2.36. The second kappa shape index (κ2) is 5.33. The van der Waals surface area contributed by atoms with E-state index in [-0.39, 0.29) is 16.9 Å². The Labute approximate surface area is 116 Å². The highest BCUT2D eigenvalue weighted by atomic mass is 16.5. The van der Waals surface area contributed by atoms with Gasteiger partial charge < -0.3 is 15.0 Å². The van der Waals surface area contributed by atoms with E-state index >= 15 is 0 Å². The number of nitriles is 1. The van der Waals surface area contributed by atoms with Crippen LogP contribution in [-0.2, 0) is 4.74 Å². The number of benzene rings is 1. The van der Waals surface area contributed by atoms with Crippen molar-refractivity contribution in [3.8, 4) is 11.8 Å². The van der Waals surface area contributed by atoms with Crippen LogP contribution in [0.25, 0.3) is 11.8 Å². The number of para-hydroxylation sites is 1. The minimum Gasteiger partial charge on any atom is -0.464 e. The van der Waals surface area contributed by atoms with Crippen LogP contribution in [0.4, 0.5) is 5.69 Å². The summed E-state index contributed by atoms with van der Waals surface area (Å²) in [7, 11) is 1.27. The number of methoxy groups -OCH3 is 1. The summed E-state index contributed by atoms with van der Waals surface area (Å²) in [5.41, 5.74) is 7.84. The Bertz CT molecular complexity index is 723. The fraction of sp³-hybridized carbons (Fsp3) is 0.0667. The van der Waals surface area contributed by atoms with Crippen molar-refractivity contribution in [3.05, 3.63) is 53.9 Å². The third kappa shape index (κ3) is 2.04. The number of esters is 1. The summed E-state index contributed by atoms with van der Waals surface area (Å²) in [6, 6.07) is 9.31. The third-order valence-corrected chi connectivity index (χ3v) is 2.96. The highest BCUT2D eigenvalue weighted by molar-refractivity contribution is 5.96. The van der Waals surface area contributed by atoms with Gasteiger partial charge in [0.2, 0.25) is 0 Å². The van der Waals surface area contributed by atoms with Gasteiger partial charge in [-0.15, -0.1) is 0 Å². The maximum absolute atomic E-state index is 11.9. The molecule has 0 atom stereocenters. The summed E-state index contributed by atoms with van der Waals surface area (Å²) < 4.78 is 6.29. The van der Waals surface area contributed by atoms with E-state index in [4.69, 9.17) is 15.7 Å². The normalized spacial score (nSPS) is 9.80. The maximum Gasteiger partial charge on any atom is 0.357 e. The average molecular weight is 267 g/mol. The molecular weight excluding hydrogens is 254 g/mol. The summed E-state index contributed by atoms with van der Waals surface area (Å²) in [6.07, 6.45) is 3.18. The molecule has 0 amide bonds. The van der Waals surface area contributed by atoms with Crippen LogP contribution in [0.1, 0.15) is 21.6 Å². The van der Waals surface area contributed by atoms with Crippen molar-refractivity contribution in [1.29, 1.82) is 5.26 Å². The van der Waals surface area contributed by atoms with E-state index in [0.717, 1.165) is 5.56 Å². The fourth-order valence-corrected chi connectivity index (χ4v) is 1.98. The lowest BCUT2D eigenvalue weighted by atomic mass is 10.1. The molecule has 0 spiro atoms.